The lowest BCUT2D eigenvalue weighted by Gasteiger charge is -2.28. The predicted octanol–water partition coefficient (Wildman–Crippen LogP) is -2.61. The van der Waals surface area contributed by atoms with Crippen molar-refractivity contribution in [1.82, 2.24) is 15.5 Å². The lowest BCUT2D eigenvalue weighted by Crippen LogP contribution is -2.58. The maximum absolute atomic E-state index is 12.5. The van der Waals surface area contributed by atoms with Crippen LogP contribution in [0.3, 0.4) is 0 Å². The molecule has 160 valence electrons. The van der Waals surface area contributed by atoms with E-state index in [0.717, 1.165) is 0 Å². The number of rotatable bonds is 10. The van der Waals surface area contributed by atoms with E-state index in [9.17, 15) is 29.4 Å². The Morgan fingerprint density at radius 3 is 2.32 bits per heavy atom. The van der Waals surface area contributed by atoms with E-state index in [0.29, 0.717) is 19.3 Å². The highest BCUT2D eigenvalue weighted by atomic mass is 16.4. The maximum atomic E-state index is 12.5. The number of hydrogen-bond acceptors (Lipinski definition) is 7. The minimum atomic E-state index is -1.36. The molecule has 0 spiro atoms. The summed E-state index contributed by atoms with van der Waals surface area (Å²) >= 11 is 0. The smallest absolute Gasteiger partial charge is 0.326 e. The molecule has 5 atom stereocenters. The summed E-state index contributed by atoms with van der Waals surface area (Å²) in [5.74, 6) is -3.62. The molecule has 0 radical (unpaired) electrons. The summed E-state index contributed by atoms with van der Waals surface area (Å²) in [4.78, 5) is 49.6. The average Bonchev–Trinajstić information content (AvgIpc) is 3.17. The van der Waals surface area contributed by atoms with Crippen molar-refractivity contribution in [2.24, 2.45) is 11.7 Å². The van der Waals surface area contributed by atoms with Crippen LogP contribution in [0.4, 0.5) is 0 Å². The molecule has 1 rings (SSSR count). The Labute approximate surface area is 163 Å². The van der Waals surface area contributed by atoms with Crippen LogP contribution in [0.1, 0.15) is 33.1 Å². The number of aliphatic hydroxyl groups is 2. The van der Waals surface area contributed by atoms with Crippen LogP contribution < -0.4 is 16.4 Å². The van der Waals surface area contributed by atoms with E-state index in [1.807, 2.05) is 0 Å². The van der Waals surface area contributed by atoms with Gasteiger partial charge in [-0.2, -0.15) is 0 Å². The number of nitrogens with one attached hydrogen (secondary N) is 2. The number of carboxylic acid groups (broad SMARTS) is 1. The SMILES string of the molecule is CCC(C)C(NC(=O)C(CO)NC(=O)C1CCCN1C(=O)C(N)CO)C(=O)O. The minimum Gasteiger partial charge on any atom is -0.480 e. The van der Waals surface area contributed by atoms with Gasteiger partial charge in [-0.05, 0) is 18.8 Å². The van der Waals surface area contributed by atoms with Crippen LogP contribution in [0.15, 0.2) is 0 Å². The molecule has 1 aliphatic rings. The van der Waals surface area contributed by atoms with E-state index in [1.54, 1.807) is 13.8 Å². The molecule has 0 bridgehead atoms. The van der Waals surface area contributed by atoms with Crippen LogP contribution in [-0.4, -0.2) is 87.8 Å². The number of nitrogens with two attached hydrogens (primary N) is 1. The molecular formula is C17H30N4O7. The summed E-state index contributed by atoms with van der Waals surface area (Å²) in [6.07, 6.45) is 1.41. The van der Waals surface area contributed by atoms with E-state index < -0.39 is 61.1 Å². The number of carbonyl (C=O) groups excluding carboxylic acids is 3. The molecule has 0 aromatic heterocycles. The minimum absolute atomic E-state index is 0.287. The normalized spacial score (nSPS) is 20.8. The van der Waals surface area contributed by atoms with Crippen LogP contribution in [0.5, 0.6) is 0 Å². The average molecular weight is 402 g/mol. The van der Waals surface area contributed by atoms with E-state index in [2.05, 4.69) is 10.6 Å². The number of likely N-dealkylation sites (tertiary alicyclic amines) is 1. The number of aliphatic hydroxyl groups excluding tert-OH is 2. The van der Waals surface area contributed by atoms with Gasteiger partial charge in [-0.15, -0.1) is 0 Å². The standard InChI is InChI=1S/C17H30N4O7/c1-3-9(2)13(17(27)28)20-14(24)11(8-23)19-15(25)12-5-4-6-21(12)16(26)10(18)7-22/h9-13,22-23H,3-8,18H2,1-2H3,(H,19,25)(H,20,24)(H,27,28). The van der Waals surface area contributed by atoms with Gasteiger partial charge >= 0.3 is 5.97 Å². The molecule has 1 fully saturated rings. The van der Waals surface area contributed by atoms with Crippen molar-refractivity contribution in [3.63, 3.8) is 0 Å². The van der Waals surface area contributed by atoms with Crippen LogP contribution in [0, 0.1) is 5.92 Å². The number of hydrogen-bond donors (Lipinski definition) is 6. The first-order chi connectivity index (χ1) is 13.2. The number of carboxylic acids is 1. The molecule has 3 amide bonds. The van der Waals surface area contributed by atoms with Gasteiger partial charge in [0.1, 0.15) is 24.2 Å². The summed E-state index contributed by atoms with van der Waals surface area (Å²) in [5, 5.41) is 32.5. The molecule has 1 aliphatic heterocycles. The first kappa shape index (κ1) is 23.8. The van der Waals surface area contributed by atoms with Gasteiger partial charge in [0.15, 0.2) is 0 Å². The molecule has 0 saturated carbocycles. The van der Waals surface area contributed by atoms with E-state index in [1.165, 1.54) is 4.90 Å². The lowest BCUT2D eigenvalue weighted by molar-refractivity contribution is -0.144. The first-order valence-electron chi connectivity index (χ1n) is 9.29. The number of amides is 3. The van der Waals surface area contributed by atoms with Gasteiger partial charge in [-0.1, -0.05) is 20.3 Å². The summed E-state index contributed by atoms with van der Waals surface area (Å²) < 4.78 is 0. The highest BCUT2D eigenvalue weighted by molar-refractivity contribution is 5.94. The molecular weight excluding hydrogens is 372 g/mol. The molecule has 11 heteroatoms. The Morgan fingerprint density at radius 1 is 1.18 bits per heavy atom. The van der Waals surface area contributed by atoms with Crippen LogP contribution in [0.2, 0.25) is 0 Å². The van der Waals surface area contributed by atoms with Crippen molar-refractivity contribution in [2.75, 3.05) is 19.8 Å². The van der Waals surface area contributed by atoms with Gasteiger partial charge in [0, 0.05) is 6.54 Å². The maximum Gasteiger partial charge on any atom is 0.326 e. The van der Waals surface area contributed by atoms with Gasteiger partial charge < -0.3 is 36.6 Å². The number of nitrogens with zero attached hydrogens (tertiary/aromatic N) is 1. The summed E-state index contributed by atoms with van der Waals surface area (Å²) in [6, 6.07) is -4.54. The largest absolute Gasteiger partial charge is 0.480 e. The second-order valence-electron chi connectivity index (χ2n) is 6.93. The molecule has 0 aromatic carbocycles. The second-order valence-corrected chi connectivity index (χ2v) is 6.93. The third-order valence-corrected chi connectivity index (χ3v) is 4.94. The molecule has 28 heavy (non-hydrogen) atoms. The molecule has 0 aromatic rings. The quantitative estimate of drug-likeness (QED) is 0.230. The van der Waals surface area contributed by atoms with Crippen molar-refractivity contribution in [2.45, 2.75) is 57.3 Å². The van der Waals surface area contributed by atoms with Gasteiger partial charge in [0.2, 0.25) is 17.7 Å². The van der Waals surface area contributed by atoms with Crippen LogP contribution in [0.25, 0.3) is 0 Å². The zero-order valence-corrected chi connectivity index (χ0v) is 16.1. The van der Waals surface area contributed by atoms with E-state index in [-0.39, 0.29) is 12.5 Å². The van der Waals surface area contributed by atoms with Gasteiger partial charge in [-0.25, -0.2) is 4.79 Å². The highest BCUT2D eigenvalue weighted by Gasteiger charge is 2.38. The topological polar surface area (TPSA) is 182 Å². The zero-order valence-electron chi connectivity index (χ0n) is 16.1. The van der Waals surface area contributed by atoms with Crippen molar-refractivity contribution in [3.8, 4) is 0 Å². The zero-order chi connectivity index (χ0) is 21.4. The predicted molar refractivity (Wildman–Crippen MR) is 97.8 cm³/mol. The molecule has 7 N–H and O–H groups in total. The fourth-order valence-corrected chi connectivity index (χ4v) is 2.99. The fraction of sp³-hybridized carbons (Fsp3) is 0.765. The van der Waals surface area contributed by atoms with Gasteiger partial charge in [0.05, 0.1) is 13.2 Å². The Balaban J connectivity index is 2.80. The molecule has 1 heterocycles. The summed E-state index contributed by atoms with van der Waals surface area (Å²) in [7, 11) is 0. The van der Waals surface area contributed by atoms with Crippen molar-refractivity contribution in [3.05, 3.63) is 0 Å². The number of aliphatic carboxylic acids is 1. The van der Waals surface area contributed by atoms with Crippen molar-refractivity contribution >= 4 is 23.7 Å². The Morgan fingerprint density at radius 2 is 1.82 bits per heavy atom. The van der Waals surface area contributed by atoms with E-state index >= 15 is 0 Å². The molecule has 0 aliphatic carbocycles. The Bertz CT molecular complexity index is 586. The Hall–Kier alpha value is -2.24. The Kier molecular flexibility index (Phi) is 9.29. The molecule has 1 saturated heterocycles. The monoisotopic (exact) mass is 402 g/mol. The van der Waals surface area contributed by atoms with Crippen molar-refractivity contribution in [1.29, 1.82) is 0 Å². The fourth-order valence-electron chi connectivity index (χ4n) is 2.99. The summed E-state index contributed by atoms with van der Waals surface area (Å²) in [6.45, 7) is 2.44. The lowest BCUT2D eigenvalue weighted by atomic mass is 9.99. The van der Waals surface area contributed by atoms with Gasteiger partial charge in [-0.3, -0.25) is 14.4 Å². The number of carbonyl (C=O) groups is 4. The van der Waals surface area contributed by atoms with Crippen molar-refractivity contribution < 1.29 is 34.5 Å². The molecule has 11 nitrogen and oxygen atoms in total. The first-order valence-corrected chi connectivity index (χ1v) is 9.29. The third-order valence-electron chi connectivity index (χ3n) is 4.94. The van der Waals surface area contributed by atoms with Gasteiger partial charge in [0.25, 0.3) is 0 Å². The molecule has 5 unspecified atom stereocenters. The third kappa shape index (κ3) is 5.88. The second kappa shape index (κ2) is 10.9. The van der Waals surface area contributed by atoms with Crippen LogP contribution >= 0.6 is 0 Å². The van der Waals surface area contributed by atoms with E-state index in [4.69, 9.17) is 10.8 Å². The highest BCUT2D eigenvalue weighted by Crippen LogP contribution is 2.18. The summed E-state index contributed by atoms with van der Waals surface area (Å²) in [5.41, 5.74) is 5.53. The van der Waals surface area contributed by atoms with Crippen LogP contribution in [-0.2, 0) is 19.2 Å².